The molecule has 72 valence electrons. The second-order valence-electron chi connectivity index (χ2n) is 2.69. The Balaban J connectivity index is 2.54. The molecule has 0 radical (unpaired) electrons. The minimum Gasteiger partial charge on any atom is -0.372 e. The van der Waals surface area contributed by atoms with E-state index in [9.17, 15) is 4.21 Å². The smallest absolute Gasteiger partial charge is 0.172 e. The van der Waals surface area contributed by atoms with Gasteiger partial charge >= 0.3 is 0 Å². The molecule has 0 saturated heterocycles. The van der Waals surface area contributed by atoms with Crippen LogP contribution in [0, 0.1) is 0 Å². The van der Waals surface area contributed by atoms with E-state index >= 15 is 0 Å². The first kappa shape index (κ1) is 10.2. The van der Waals surface area contributed by atoms with Crippen molar-refractivity contribution in [2.24, 2.45) is 0 Å². The molecule has 1 rings (SSSR count). The molecule has 1 unspecified atom stereocenters. The van der Waals surface area contributed by atoms with Gasteiger partial charge in [0.15, 0.2) is 11.1 Å². The first-order valence-corrected chi connectivity index (χ1v) is 5.40. The van der Waals surface area contributed by atoms with Gasteiger partial charge < -0.3 is 9.87 Å². The Morgan fingerprint density at radius 2 is 2.00 bits per heavy atom. The van der Waals surface area contributed by atoms with Crippen molar-refractivity contribution in [3.63, 3.8) is 0 Å². The Labute approximate surface area is 80.5 Å². The normalized spacial score (nSPS) is 12.5. The van der Waals surface area contributed by atoms with E-state index in [0.717, 1.165) is 12.1 Å². The van der Waals surface area contributed by atoms with Crippen LogP contribution < -0.4 is 5.32 Å². The van der Waals surface area contributed by atoms with Crippen LogP contribution in [0.3, 0.4) is 0 Å². The molecular formula is C9H13NO2S. The third-order valence-electron chi connectivity index (χ3n) is 1.76. The van der Waals surface area contributed by atoms with Gasteiger partial charge in [0.25, 0.3) is 0 Å². The summed E-state index contributed by atoms with van der Waals surface area (Å²) in [5, 5.41) is 2.85. The molecule has 1 aromatic carbocycles. The fourth-order valence-electron chi connectivity index (χ4n) is 1.00. The number of nitrogens with one attached hydrogen (secondary N) is 1. The summed E-state index contributed by atoms with van der Waals surface area (Å²) in [5.41, 5.74) is 2.13. The predicted molar refractivity (Wildman–Crippen MR) is 55.1 cm³/mol. The molecule has 1 aromatic rings. The van der Waals surface area contributed by atoms with Crippen molar-refractivity contribution in [1.29, 1.82) is 0 Å². The van der Waals surface area contributed by atoms with Crippen LogP contribution in [0.4, 0.5) is 5.69 Å². The third kappa shape index (κ3) is 3.57. The van der Waals surface area contributed by atoms with Crippen LogP contribution in [0.25, 0.3) is 0 Å². The minimum absolute atomic E-state index is 0.0749. The lowest BCUT2D eigenvalue weighted by Gasteiger charge is -2.03. The number of rotatable bonds is 4. The average Bonchev–Trinajstić information content (AvgIpc) is 2.15. The van der Waals surface area contributed by atoms with Gasteiger partial charge in [0.05, 0.1) is 0 Å². The standard InChI is InChI=1S/C9H13NO2S/c1-2-8-3-5-9(6-4-8)10-7-13(11)12/h3-6,10H,2,7H2,1H3,(H,11,12). The van der Waals surface area contributed by atoms with Crippen molar-refractivity contribution < 1.29 is 8.76 Å². The Hall–Kier alpha value is -0.870. The van der Waals surface area contributed by atoms with Crippen molar-refractivity contribution in [2.45, 2.75) is 13.3 Å². The Kier molecular flexibility index (Phi) is 3.92. The molecule has 4 heteroatoms. The summed E-state index contributed by atoms with van der Waals surface area (Å²) in [7, 11) is 0. The monoisotopic (exact) mass is 199 g/mol. The van der Waals surface area contributed by atoms with Crippen molar-refractivity contribution in [2.75, 3.05) is 11.2 Å². The summed E-state index contributed by atoms with van der Waals surface area (Å²) < 4.78 is 18.9. The molecule has 0 aliphatic rings. The summed E-state index contributed by atoms with van der Waals surface area (Å²) in [6.45, 7) is 2.09. The average molecular weight is 199 g/mol. The summed E-state index contributed by atoms with van der Waals surface area (Å²) in [6.07, 6.45) is 1.01. The summed E-state index contributed by atoms with van der Waals surface area (Å²) >= 11 is -1.78. The molecule has 0 heterocycles. The van der Waals surface area contributed by atoms with Crippen molar-refractivity contribution in [1.82, 2.24) is 0 Å². The van der Waals surface area contributed by atoms with Gasteiger partial charge in [-0.3, -0.25) is 0 Å². The quantitative estimate of drug-likeness (QED) is 0.727. The largest absolute Gasteiger partial charge is 0.372 e. The minimum atomic E-state index is -1.78. The van der Waals surface area contributed by atoms with Crippen LogP contribution in [-0.2, 0) is 17.5 Å². The molecule has 0 bridgehead atoms. The molecule has 0 aliphatic carbocycles. The van der Waals surface area contributed by atoms with Gasteiger partial charge in [-0.25, -0.2) is 4.21 Å². The zero-order chi connectivity index (χ0) is 9.68. The number of benzene rings is 1. The van der Waals surface area contributed by atoms with Crippen LogP contribution in [0.15, 0.2) is 24.3 Å². The fraction of sp³-hybridized carbons (Fsp3) is 0.333. The fourth-order valence-corrected chi connectivity index (χ4v) is 1.29. The maximum Gasteiger partial charge on any atom is 0.172 e. The predicted octanol–water partition coefficient (Wildman–Crippen LogP) is 1.84. The van der Waals surface area contributed by atoms with Gasteiger partial charge in [-0.05, 0) is 24.1 Å². The van der Waals surface area contributed by atoms with Crippen LogP contribution in [0.2, 0.25) is 0 Å². The Bertz CT molecular complexity index is 284. The lowest BCUT2D eigenvalue weighted by molar-refractivity contribution is 0.566. The van der Waals surface area contributed by atoms with E-state index in [1.807, 2.05) is 24.3 Å². The van der Waals surface area contributed by atoms with Crippen LogP contribution in [0.5, 0.6) is 0 Å². The molecule has 1 atom stereocenters. The molecular weight excluding hydrogens is 186 g/mol. The lowest BCUT2D eigenvalue weighted by atomic mass is 10.1. The van der Waals surface area contributed by atoms with E-state index in [2.05, 4.69) is 12.2 Å². The van der Waals surface area contributed by atoms with Gasteiger partial charge in [-0.15, -0.1) is 0 Å². The van der Waals surface area contributed by atoms with Gasteiger partial charge in [-0.2, -0.15) is 0 Å². The Morgan fingerprint density at radius 1 is 1.38 bits per heavy atom. The van der Waals surface area contributed by atoms with Gasteiger partial charge in [-0.1, -0.05) is 19.1 Å². The number of hydrogen-bond acceptors (Lipinski definition) is 2. The molecule has 0 amide bonds. The van der Waals surface area contributed by atoms with Crippen molar-refractivity contribution >= 4 is 16.8 Å². The maximum atomic E-state index is 10.3. The molecule has 0 aromatic heterocycles. The second-order valence-corrected chi connectivity index (χ2v) is 3.62. The van der Waals surface area contributed by atoms with Gasteiger partial charge in [0.1, 0.15) is 5.88 Å². The van der Waals surface area contributed by atoms with Gasteiger partial charge in [0.2, 0.25) is 0 Å². The highest BCUT2D eigenvalue weighted by Gasteiger charge is 1.94. The molecule has 0 spiro atoms. The topological polar surface area (TPSA) is 49.3 Å². The van der Waals surface area contributed by atoms with E-state index in [1.165, 1.54) is 5.56 Å². The first-order chi connectivity index (χ1) is 6.22. The molecule has 13 heavy (non-hydrogen) atoms. The SMILES string of the molecule is CCc1ccc(NCS(=O)O)cc1. The van der Waals surface area contributed by atoms with E-state index in [1.54, 1.807) is 0 Å². The van der Waals surface area contributed by atoms with E-state index in [4.69, 9.17) is 4.55 Å². The summed E-state index contributed by atoms with van der Waals surface area (Å²) in [5.74, 6) is 0.0749. The highest BCUT2D eigenvalue weighted by molar-refractivity contribution is 7.79. The molecule has 0 aliphatic heterocycles. The number of aryl methyl sites for hydroxylation is 1. The highest BCUT2D eigenvalue weighted by Crippen LogP contribution is 2.09. The van der Waals surface area contributed by atoms with Crippen LogP contribution in [0.1, 0.15) is 12.5 Å². The van der Waals surface area contributed by atoms with E-state index in [-0.39, 0.29) is 5.88 Å². The van der Waals surface area contributed by atoms with Gasteiger partial charge in [0, 0.05) is 5.69 Å². The second kappa shape index (κ2) is 4.99. The zero-order valence-corrected chi connectivity index (χ0v) is 8.30. The zero-order valence-electron chi connectivity index (χ0n) is 7.49. The van der Waals surface area contributed by atoms with E-state index in [0.29, 0.717) is 0 Å². The van der Waals surface area contributed by atoms with Crippen molar-refractivity contribution in [3.8, 4) is 0 Å². The highest BCUT2D eigenvalue weighted by atomic mass is 32.2. The number of anilines is 1. The van der Waals surface area contributed by atoms with Crippen LogP contribution >= 0.6 is 0 Å². The molecule has 2 N–H and O–H groups in total. The third-order valence-corrected chi connectivity index (χ3v) is 2.15. The first-order valence-electron chi connectivity index (χ1n) is 4.12. The summed E-state index contributed by atoms with van der Waals surface area (Å²) in [6, 6.07) is 7.82. The summed E-state index contributed by atoms with van der Waals surface area (Å²) in [4.78, 5) is 0. The lowest BCUT2D eigenvalue weighted by Crippen LogP contribution is -2.06. The molecule has 3 nitrogen and oxygen atoms in total. The van der Waals surface area contributed by atoms with Crippen LogP contribution in [-0.4, -0.2) is 14.6 Å². The maximum absolute atomic E-state index is 10.3. The Morgan fingerprint density at radius 3 is 2.46 bits per heavy atom. The number of hydrogen-bond donors (Lipinski definition) is 2. The molecule has 0 fully saturated rings. The van der Waals surface area contributed by atoms with E-state index < -0.39 is 11.1 Å². The van der Waals surface area contributed by atoms with Crippen molar-refractivity contribution in [3.05, 3.63) is 29.8 Å². The molecule has 0 saturated carbocycles.